The topological polar surface area (TPSA) is 223 Å². The van der Waals surface area contributed by atoms with Crippen LogP contribution < -0.4 is 5.73 Å². The first kappa shape index (κ1) is 20.5. The molecule has 0 aromatic heterocycles. The van der Waals surface area contributed by atoms with Crippen LogP contribution in [0.4, 0.5) is 0 Å². The molecule has 12 nitrogen and oxygen atoms in total. The minimum absolute atomic E-state index is 0.470. The highest BCUT2D eigenvalue weighted by Gasteiger charge is 2.41. The summed E-state index contributed by atoms with van der Waals surface area (Å²) in [6.45, 7) is -1.14. The summed E-state index contributed by atoms with van der Waals surface area (Å²) in [6.07, 6.45) is -7.63. The third kappa shape index (κ3) is 4.31. The standard InChI is InChI=1S/C6H13NO5.C6H8O6/c7-3-5(10)4(9)2(1-8)12-6(3)11;7-1-2(8)5-3(9)4(10)6(11)12-5/h2-6,8-11H,1,7H2;2,5,7-10H,1H2/t2-,3-,4-,5-,6-;2-,5+/m10/s1. The van der Waals surface area contributed by atoms with E-state index in [1.165, 1.54) is 0 Å². The van der Waals surface area contributed by atoms with E-state index in [0.717, 1.165) is 0 Å². The number of rotatable bonds is 3. The molecule has 2 aliphatic heterocycles. The summed E-state index contributed by atoms with van der Waals surface area (Å²) in [5.41, 5.74) is 5.26. The molecular weight excluding hydrogens is 334 g/mol. The third-order valence-electron chi connectivity index (χ3n) is 3.42. The van der Waals surface area contributed by atoms with Crippen molar-refractivity contribution in [3.63, 3.8) is 0 Å². The number of esters is 1. The van der Waals surface area contributed by atoms with Crippen LogP contribution >= 0.6 is 0 Å². The van der Waals surface area contributed by atoms with Crippen molar-refractivity contribution in [3.8, 4) is 0 Å². The summed E-state index contributed by atoms with van der Waals surface area (Å²) in [5, 5.41) is 71.1. The second-order valence-corrected chi connectivity index (χ2v) is 5.12. The van der Waals surface area contributed by atoms with Gasteiger partial charge in [-0.2, -0.15) is 0 Å². The first-order chi connectivity index (χ1) is 11.1. The van der Waals surface area contributed by atoms with Gasteiger partial charge in [-0.05, 0) is 0 Å². The molecule has 0 radical (unpaired) electrons. The van der Waals surface area contributed by atoms with Gasteiger partial charge in [0.25, 0.3) is 0 Å². The molecular formula is C12H21NO11. The maximum absolute atomic E-state index is 10.5. The second kappa shape index (κ2) is 8.55. The average Bonchev–Trinajstić information content (AvgIpc) is 2.83. The van der Waals surface area contributed by atoms with Crippen molar-refractivity contribution >= 4 is 5.97 Å². The number of hydrogen-bond acceptors (Lipinski definition) is 12. The van der Waals surface area contributed by atoms with E-state index in [4.69, 9.17) is 41.1 Å². The molecule has 2 rings (SSSR count). The summed E-state index contributed by atoms with van der Waals surface area (Å²) in [4.78, 5) is 10.5. The van der Waals surface area contributed by atoms with Gasteiger partial charge in [-0.15, -0.1) is 0 Å². The predicted molar refractivity (Wildman–Crippen MR) is 73.2 cm³/mol. The molecule has 0 saturated carbocycles. The van der Waals surface area contributed by atoms with Gasteiger partial charge in [0, 0.05) is 0 Å². The molecule has 0 bridgehead atoms. The molecule has 0 aliphatic carbocycles. The SMILES string of the molecule is N[C@@H]1[C@@H](O)[C@H](O)[C@@H](CO)O[C@H]1O.O=C1O[C@H]([C@@H](O)CO)C(O)=C1O. The third-order valence-corrected chi connectivity index (χ3v) is 3.42. The van der Waals surface area contributed by atoms with Crippen LogP contribution in [0.2, 0.25) is 0 Å². The lowest BCUT2D eigenvalue weighted by molar-refractivity contribution is -0.248. The van der Waals surface area contributed by atoms with Gasteiger partial charge >= 0.3 is 5.97 Å². The Morgan fingerprint density at radius 2 is 1.71 bits per heavy atom. The van der Waals surface area contributed by atoms with Crippen molar-refractivity contribution in [2.75, 3.05) is 13.2 Å². The zero-order valence-electron chi connectivity index (χ0n) is 12.3. The summed E-state index contributed by atoms with van der Waals surface area (Å²) >= 11 is 0. The Morgan fingerprint density at radius 1 is 1.12 bits per heavy atom. The Morgan fingerprint density at radius 3 is 2.12 bits per heavy atom. The van der Waals surface area contributed by atoms with Gasteiger partial charge in [-0.1, -0.05) is 0 Å². The lowest BCUT2D eigenvalue weighted by Gasteiger charge is -2.38. The molecule has 12 heteroatoms. The molecule has 7 atom stereocenters. The van der Waals surface area contributed by atoms with Gasteiger partial charge in [0.15, 0.2) is 18.2 Å². The second-order valence-electron chi connectivity index (χ2n) is 5.12. The fourth-order valence-corrected chi connectivity index (χ4v) is 1.94. The summed E-state index contributed by atoms with van der Waals surface area (Å²) in [5.74, 6) is -2.78. The Hall–Kier alpha value is -1.51. The van der Waals surface area contributed by atoms with Gasteiger partial charge < -0.3 is 56.1 Å². The van der Waals surface area contributed by atoms with Gasteiger partial charge in [0.05, 0.1) is 19.3 Å². The van der Waals surface area contributed by atoms with E-state index in [9.17, 15) is 15.0 Å². The Bertz CT molecular complexity index is 465. The van der Waals surface area contributed by atoms with Crippen molar-refractivity contribution in [2.24, 2.45) is 5.73 Å². The van der Waals surface area contributed by atoms with E-state index in [1.807, 2.05) is 0 Å². The van der Waals surface area contributed by atoms with Crippen LogP contribution in [0.5, 0.6) is 0 Å². The molecule has 0 aromatic rings. The van der Waals surface area contributed by atoms with Crippen LogP contribution in [0.1, 0.15) is 0 Å². The number of ether oxygens (including phenoxy) is 2. The molecule has 10 N–H and O–H groups in total. The highest BCUT2D eigenvalue weighted by Crippen LogP contribution is 2.21. The van der Waals surface area contributed by atoms with Crippen molar-refractivity contribution in [3.05, 3.63) is 11.5 Å². The fourth-order valence-electron chi connectivity index (χ4n) is 1.94. The largest absolute Gasteiger partial charge is 0.505 e. The van der Waals surface area contributed by atoms with E-state index < -0.39 is 73.6 Å². The molecule has 2 heterocycles. The molecule has 0 aromatic carbocycles. The average molecular weight is 355 g/mol. The van der Waals surface area contributed by atoms with Crippen molar-refractivity contribution < 1.29 is 55.1 Å². The number of carbonyl (C=O) groups is 1. The maximum Gasteiger partial charge on any atom is 0.377 e. The van der Waals surface area contributed by atoms with Crippen molar-refractivity contribution in [1.29, 1.82) is 0 Å². The lowest BCUT2D eigenvalue weighted by atomic mass is 9.98. The first-order valence-electron chi connectivity index (χ1n) is 6.83. The highest BCUT2D eigenvalue weighted by atomic mass is 16.6. The van der Waals surface area contributed by atoms with E-state index in [-0.39, 0.29) is 0 Å². The normalized spacial score (nSPS) is 37.5. The van der Waals surface area contributed by atoms with E-state index in [2.05, 4.69) is 4.74 Å². The van der Waals surface area contributed by atoms with E-state index in [0.29, 0.717) is 0 Å². The molecule has 0 unspecified atom stereocenters. The number of carbonyl (C=O) groups excluding carboxylic acids is 1. The molecule has 24 heavy (non-hydrogen) atoms. The number of hydrogen-bond donors (Lipinski definition) is 9. The quantitative estimate of drug-likeness (QED) is 0.218. The zero-order chi connectivity index (χ0) is 18.6. The molecule has 1 saturated heterocycles. The van der Waals surface area contributed by atoms with Gasteiger partial charge in [0.1, 0.15) is 24.4 Å². The van der Waals surface area contributed by atoms with E-state index in [1.54, 1.807) is 0 Å². The van der Waals surface area contributed by atoms with Crippen LogP contribution in [0.3, 0.4) is 0 Å². The van der Waals surface area contributed by atoms with Crippen LogP contribution in [0, 0.1) is 0 Å². The molecule has 1 fully saturated rings. The molecule has 0 spiro atoms. The minimum atomic E-state index is -1.42. The number of nitrogens with two attached hydrogens (primary N) is 1. The van der Waals surface area contributed by atoms with Crippen molar-refractivity contribution in [1.82, 2.24) is 0 Å². The van der Waals surface area contributed by atoms with Crippen LogP contribution in [0.25, 0.3) is 0 Å². The van der Waals surface area contributed by atoms with Crippen LogP contribution in [0.15, 0.2) is 11.5 Å². The highest BCUT2D eigenvalue weighted by molar-refractivity contribution is 5.89. The Kier molecular flexibility index (Phi) is 7.31. The smallest absolute Gasteiger partial charge is 0.377 e. The van der Waals surface area contributed by atoms with E-state index >= 15 is 0 Å². The lowest BCUT2D eigenvalue weighted by Crippen LogP contribution is -2.61. The minimum Gasteiger partial charge on any atom is -0.505 e. The van der Waals surface area contributed by atoms with Crippen LogP contribution in [-0.2, 0) is 14.3 Å². The summed E-state index contributed by atoms with van der Waals surface area (Å²) in [6, 6.07) is -1.04. The summed E-state index contributed by atoms with van der Waals surface area (Å²) < 4.78 is 9.02. The monoisotopic (exact) mass is 355 g/mol. The summed E-state index contributed by atoms with van der Waals surface area (Å²) in [7, 11) is 0. The molecule has 0 amide bonds. The Labute approximate surface area is 135 Å². The number of aliphatic hydroxyl groups is 8. The molecule has 2 aliphatic rings. The fraction of sp³-hybridized carbons (Fsp3) is 0.750. The zero-order valence-corrected chi connectivity index (χ0v) is 12.3. The first-order valence-corrected chi connectivity index (χ1v) is 6.83. The maximum atomic E-state index is 10.5. The van der Waals surface area contributed by atoms with Gasteiger partial charge in [-0.25, -0.2) is 4.79 Å². The van der Waals surface area contributed by atoms with Gasteiger partial charge in [0.2, 0.25) is 5.76 Å². The Balaban J connectivity index is 0.000000240. The number of aliphatic hydroxyl groups excluding tert-OH is 8. The van der Waals surface area contributed by atoms with Crippen LogP contribution in [-0.4, -0.2) is 103 Å². The number of cyclic esters (lactones) is 1. The molecule has 140 valence electrons. The predicted octanol–water partition coefficient (Wildman–Crippen LogP) is -4.66. The van der Waals surface area contributed by atoms with Gasteiger partial charge in [-0.3, -0.25) is 0 Å². The van der Waals surface area contributed by atoms with Crippen molar-refractivity contribution in [2.45, 2.75) is 42.9 Å².